The highest BCUT2D eigenvalue weighted by Gasteiger charge is 2.06. The lowest BCUT2D eigenvalue weighted by Crippen LogP contribution is -2.11. The smallest absolute Gasteiger partial charge is 0.336 e. The molecule has 0 heterocycles. The number of benzene rings is 3. The summed E-state index contributed by atoms with van der Waals surface area (Å²) in [6, 6.07) is 17.5. The molecule has 3 aromatic carbocycles. The molecule has 3 aromatic rings. The number of carbonyl (C=O) groups is 3. The molecular formula is C29H26O7. The lowest BCUT2D eigenvalue weighted by atomic mass is 10.1. The summed E-state index contributed by atoms with van der Waals surface area (Å²) in [5.74, 6) is 0.263. The number of fused-ring (bicyclic) bond motifs is 1. The van der Waals surface area contributed by atoms with Crippen LogP contribution in [0.25, 0.3) is 16.8 Å². The molecule has 7 nitrogen and oxygen atoms in total. The van der Waals surface area contributed by atoms with E-state index in [0.29, 0.717) is 28.4 Å². The summed E-state index contributed by atoms with van der Waals surface area (Å²) in [6.45, 7) is 10.0. The maximum absolute atomic E-state index is 12.3. The summed E-state index contributed by atoms with van der Waals surface area (Å²) in [6.07, 6.45) is 2.95. The SMILES string of the molecule is C=C(C)C(=O)COc1ccc(/C=C/C(=O)Oc2ccc3cc(OCOC(=O)C(=C)C)ccc3c2)cc1. The molecule has 0 fully saturated rings. The standard InChI is InChI=1S/C29H26O7/c1-19(2)27(30)17-33-24-10-5-21(6-11-24)7-14-28(31)36-26-13-9-22-15-25(12-8-23(22)16-26)34-18-35-29(32)20(3)4/h5-16H,1,3,17-18H2,2,4H3/b14-7+. The number of carbonyl (C=O) groups excluding carboxylic acids is 3. The van der Waals surface area contributed by atoms with Gasteiger partial charge in [0.2, 0.25) is 6.79 Å². The van der Waals surface area contributed by atoms with Crippen molar-refractivity contribution in [3.8, 4) is 17.2 Å². The molecule has 0 N–H and O–H groups in total. The van der Waals surface area contributed by atoms with Gasteiger partial charge in [0.25, 0.3) is 0 Å². The normalized spacial score (nSPS) is 10.6. The molecule has 36 heavy (non-hydrogen) atoms. The molecule has 0 aliphatic heterocycles. The number of rotatable bonds is 11. The van der Waals surface area contributed by atoms with Gasteiger partial charge in [-0.3, -0.25) is 4.79 Å². The van der Waals surface area contributed by atoms with Gasteiger partial charge in [-0.15, -0.1) is 0 Å². The van der Waals surface area contributed by atoms with E-state index >= 15 is 0 Å². The predicted octanol–water partition coefficient (Wildman–Crippen LogP) is 5.44. The highest BCUT2D eigenvalue weighted by atomic mass is 16.7. The van der Waals surface area contributed by atoms with Crippen LogP contribution in [0.5, 0.6) is 17.2 Å². The first-order valence-corrected chi connectivity index (χ1v) is 11.0. The van der Waals surface area contributed by atoms with E-state index in [4.69, 9.17) is 18.9 Å². The van der Waals surface area contributed by atoms with Crippen molar-refractivity contribution in [3.63, 3.8) is 0 Å². The Kier molecular flexibility index (Phi) is 8.78. The zero-order valence-corrected chi connectivity index (χ0v) is 20.1. The predicted molar refractivity (Wildman–Crippen MR) is 137 cm³/mol. The fraction of sp³-hybridized carbons (Fsp3) is 0.138. The van der Waals surface area contributed by atoms with Gasteiger partial charge < -0.3 is 18.9 Å². The van der Waals surface area contributed by atoms with Crippen LogP contribution in [0.4, 0.5) is 0 Å². The number of hydrogen-bond donors (Lipinski definition) is 0. The van der Waals surface area contributed by atoms with Gasteiger partial charge in [0.05, 0.1) is 0 Å². The Hall–Kier alpha value is -4.65. The second-order valence-corrected chi connectivity index (χ2v) is 7.96. The molecule has 0 aliphatic rings. The summed E-state index contributed by atoms with van der Waals surface area (Å²) >= 11 is 0. The fourth-order valence-electron chi connectivity index (χ4n) is 2.89. The lowest BCUT2D eigenvalue weighted by molar-refractivity contribution is -0.145. The van der Waals surface area contributed by atoms with Crippen LogP contribution < -0.4 is 14.2 Å². The maximum Gasteiger partial charge on any atom is 0.336 e. The average molecular weight is 487 g/mol. The summed E-state index contributed by atoms with van der Waals surface area (Å²) < 4.78 is 21.2. The Morgan fingerprint density at radius 2 is 1.39 bits per heavy atom. The second kappa shape index (κ2) is 12.2. The van der Waals surface area contributed by atoms with E-state index in [-0.39, 0.29) is 19.2 Å². The van der Waals surface area contributed by atoms with Gasteiger partial charge in [-0.05, 0) is 78.2 Å². The maximum atomic E-state index is 12.3. The van der Waals surface area contributed by atoms with Gasteiger partial charge >= 0.3 is 11.9 Å². The molecule has 3 rings (SSSR count). The molecule has 0 spiro atoms. The van der Waals surface area contributed by atoms with Crippen molar-refractivity contribution >= 4 is 34.6 Å². The Bertz CT molecular complexity index is 1330. The van der Waals surface area contributed by atoms with Crippen molar-refractivity contribution in [1.82, 2.24) is 0 Å². The Morgan fingerprint density at radius 3 is 2.03 bits per heavy atom. The van der Waals surface area contributed by atoms with Crippen LogP contribution >= 0.6 is 0 Å². The number of ether oxygens (including phenoxy) is 4. The molecule has 184 valence electrons. The van der Waals surface area contributed by atoms with E-state index < -0.39 is 11.9 Å². The average Bonchev–Trinajstić information content (AvgIpc) is 2.86. The van der Waals surface area contributed by atoms with Crippen LogP contribution in [0.2, 0.25) is 0 Å². The van der Waals surface area contributed by atoms with Gasteiger partial charge in [0.1, 0.15) is 17.2 Å². The highest BCUT2D eigenvalue weighted by molar-refractivity contribution is 5.95. The van der Waals surface area contributed by atoms with Gasteiger partial charge in [0.15, 0.2) is 12.4 Å². The summed E-state index contributed by atoms with van der Waals surface area (Å²) in [5.41, 5.74) is 1.51. The number of Topliss-reactive ketones (excluding diaryl/α,β-unsaturated/α-hetero) is 1. The van der Waals surface area contributed by atoms with Gasteiger partial charge in [0, 0.05) is 11.6 Å². The highest BCUT2D eigenvalue weighted by Crippen LogP contribution is 2.25. The first-order valence-electron chi connectivity index (χ1n) is 11.0. The summed E-state index contributed by atoms with van der Waals surface area (Å²) in [4.78, 5) is 35.2. The third kappa shape index (κ3) is 7.70. The summed E-state index contributed by atoms with van der Waals surface area (Å²) in [7, 11) is 0. The Balaban J connectivity index is 1.54. The van der Waals surface area contributed by atoms with Gasteiger partial charge in [-0.25, -0.2) is 9.59 Å². The molecule has 0 atom stereocenters. The Morgan fingerprint density at radius 1 is 0.778 bits per heavy atom. The molecule has 0 bridgehead atoms. The molecule has 0 unspecified atom stereocenters. The van der Waals surface area contributed by atoms with E-state index in [0.717, 1.165) is 16.3 Å². The third-order valence-corrected chi connectivity index (χ3v) is 4.90. The van der Waals surface area contributed by atoms with E-state index in [9.17, 15) is 14.4 Å². The van der Waals surface area contributed by atoms with Crippen molar-refractivity contribution in [2.75, 3.05) is 13.4 Å². The van der Waals surface area contributed by atoms with Crippen molar-refractivity contribution in [3.05, 3.63) is 96.6 Å². The molecule has 0 aliphatic carbocycles. The molecular weight excluding hydrogens is 460 g/mol. The van der Waals surface area contributed by atoms with Crippen LogP contribution in [-0.2, 0) is 19.1 Å². The first kappa shape index (κ1) is 26.0. The first-order chi connectivity index (χ1) is 17.2. The van der Waals surface area contributed by atoms with Gasteiger partial charge in [-0.1, -0.05) is 37.4 Å². The largest absolute Gasteiger partial charge is 0.485 e. The van der Waals surface area contributed by atoms with E-state index in [2.05, 4.69) is 13.2 Å². The lowest BCUT2D eigenvalue weighted by Gasteiger charge is -2.09. The zero-order chi connectivity index (χ0) is 26.1. The molecule has 0 radical (unpaired) electrons. The van der Waals surface area contributed by atoms with Crippen LogP contribution in [0, 0.1) is 0 Å². The zero-order valence-electron chi connectivity index (χ0n) is 20.1. The van der Waals surface area contributed by atoms with Crippen molar-refractivity contribution in [1.29, 1.82) is 0 Å². The monoisotopic (exact) mass is 486 g/mol. The van der Waals surface area contributed by atoms with Crippen molar-refractivity contribution in [2.45, 2.75) is 13.8 Å². The fourth-order valence-corrected chi connectivity index (χ4v) is 2.89. The quantitative estimate of drug-likeness (QED) is 0.154. The van der Waals surface area contributed by atoms with Crippen LogP contribution in [-0.4, -0.2) is 31.1 Å². The van der Waals surface area contributed by atoms with Crippen molar-refractivity contribution in [2.24, 2.45) is 0 Å². The van der Waals surface area contributed by atoms with E-state index in [1.807, 2.05) is 6.07 Å². The minimum absolute atomic E-state index is 0.0676. The molecule has 0 amide bonds. The van der Waals surface area contributed by atoms with Crippen LogP contribution in [0.1, 0.15) is 19.4 Å². The number of hydrogen-bond acceptors (Lipinski definition) is 7. The second-order valence-electron chi connectivity index (χ2n) is 7.96. The van der Waals surface area contributed by atoms with Crippen molar-refractivity contribution < 1.29 is 33.3 Å². The van der Waals surface area contributed by atoms with E-state index in [1.54, 1.807) is 74.5 Å². The van der Waals surface area contributed by atoms with Crippen LogP contribution in [0.15, 0.2) is 91.0 Å². The van der Waals surface area contributed by atoms with E-state index in [1.165, 1.54) is 6.08 Å². The Labute approximate surface area is 209 Å². The minimum Gasteiger partial charge on any atom is -0.485 e. The molecule has 0 saturated carbocycles. The number of esters is 2. The molecule has 0 saturated heterocycles. The number of ketones is 1. The minimum atomic E-state index is -0.527. The molecule has 0 aromatic heterocycles. The molecule has 7 heteroatoms. The topological polar surface area (TPSA) is 88.1 Å². The van der Waals surface area contributed by atoms with Gasteiger partial charge in [-0.2, -0.15) is 0 Å². The summed E-state index contributed by atoms with van der Waals surface area (Å²) in [5, 5.41) is 1.71. The third-order valence-electron chi connectivity index (χ3n) is 4.90. The van der Waals surface area contributed by atoms with Crippen LogP contribution in [0.3, 0.4) is 0 Å².